The molecule has 2 saturated heterocycles. The van der Waals surface area contributed by atoms with Crippen LogP contribution in [0.25, 0.3) is 0 Å². The van der Waals surface area contributed by atoms with Crippen LogP contribution >= 0.6 is 0 Å². The molecule has 3 heterocycles. The molecule has 0 aliphatic carbocycles. The van der Waals surface area contributed by atoms with E-state index in [2.05, 4.69) is 23.6 Å². The van der Waals surface area contributed by atoms with Gasteiger partial charge < -0.3 is 9.80 Å². The quantitative estimate of drug-likeness (QED) is 0.759. The Morgan fingerprint density at radius 2 is 2.15 bits per heavy atom. The smallest absolute Gasteiger partial charge is 0.257 e. The molecule has 2 fully saturated rings. The van der Waals surface area contributed by atoms with Crippen molar-refractivity contribution in [2.45, 2.75) is 38.3 Å². The average Bonchev–Trinajstić information content (AvgIpc) is 3.08. The predicted octanol–water partition coefficient (Wildman–Crippen LogP) is 1.23. The highest BCUT2D eigenvalue weighted by Crippen LogP contribution is 2.32. The number of aryl methyl sites for hydroxylation is 1. The summed E-state index contributed by atoms with van der Waals surface area (Å²) < 4.78 is 1.77. The second-order valence-corrected chi connectivity index (χ2v) is 7.34. The summed E-state index contributed by atoms with van der Waals surface area (Å²) in [5, 5.41) is 4.22. The Morgan fingerprint density at radius 3 is 2.85 bits per heavy atom. The first-order valence-electron chi connectivity index (χ1n) is 9.41. The third-order valence-electron chi connectivity index (χ3n) is 5.85. The molecule has 2 aliphatic rings. The van der Waals surface area contributed by atoms with E-state index in [0.29, 0.717) is 38.2 Å². The number of rotatable bonds is 4. The van der Waals surface area contributed by atoms with Crippen LogP contribution in [0.15, 0.2) is 25.0 Å². The lowest BCUT2D eigenvalue weighted by Gasteiger charge is -2.49. The van der Waals surface area contributed by atoms with Crippen LogP contribution in [0.1, 0.15) is 36.5 Å². The second-order valence-electron chi connectivity index (χ2n) is 7.34. The zero-order chi connectivity index (χ0) is 18.7. The summed E-state index contributed by atoms with van der Waals surface area (Å²) in [7, 11) is 2.12. The predicted molar refractivity (Wildman–Crippen MR) is 99.8 cm³/mol. The number of aromatic nitrogens is 2. The highest BCUT2D eigenvalue weighted by molar-refractivity contribution is 5.93. The molecule has 0 N–H and O–H groups in total. The van der Waals surface area contributed by atoms with Crippen molar-refractivity contribution in [3.63, 3.8) is 0 Å². The Morgan fingerprint density at radius 1 is 1.35 bits per heavy atom. The average molecular weight is 359 g/mol. The van der Waals surface area contributed by atoms with Crippen LogP contribution in [0.3, 0.4) is 0 Å². The molecule has 0 bridgehead atoms. The minimum Gasteiger partial charge on any atom is -0.339 e. The fourth-order valence-corrected chi connectivity index (χ4v) is 4.05. The molecule has 1 aromatic heterocycles. The van der Waals surface area contributed by atoms with Gasteiger partial charge in [0.1, 0.15) is 0 Å². The van der Waals surface area contributed by atoms with Crippen LogP contribution in [0.4, 0.5) is 0 Å². The molecule has 7 heteroatoms. The molecule has 0 radical (unpaired) electrons. The summed E-state index contributed by atoms with van der Waals surface area (Å²) in [5.41, 5.74) is 0.504. The fourth-order valence-electron chi connectivity index (χ4n) is 4.05. The number of nitrogens with zero attached hydrogens (tertiary/aromatic N) is 5. The fraction of sp³-hybridized carbons (Fsp3) is 0.632. The van der Waals surface area contributed by atoms with Crippen molar-refractivity contribution in [2.24, 2.45) is 0 Å². The lowest BCUT2D eigenvalue weighted by Crippen LogP contribution is -2.62. The van der Waals surface area contributed by atoms with Gasteiger partial charge in [0.25, 0.3) is 5.91 Å². The van der Waals surface area contributed by atoms with Gasteiger partial charge in [-0.05, 0) is 26.8 Å². The molecule has 1 atom stereocenters. The summed E-state index contributed by atoms with van der Waals surface area (Å²) in [4.78, 5) is 31.5. The van der Waals surface area contributed by atoms with Crippen LogP contribution < -0.4 is 0 Å². The number of carbonyl (C=O) groups excluding carboxylic acids is 2. The van der Waals surface area contributed by atoms with Crippen molar-refractivity contribution in [3.05, 3.63) is 30.6 Å². The molecular formula is C19H29N5O2. The Kier molecular flexibility index (Phi) is 5.46. The number of piperazine rings is 1. The van der Waals surface area contributed by atoms with Gasteiger partial charge in [-0.1, -0.05) is 6.08 Å². The monoisotopic (exact) mass is 359 g/mol. The summed E-state index contributed by atoms with van der Waals surface area (Å²) >= 11 is 0. The lowest BCUT2D eigenvalue weighted by atomic mass is 9.86. The van der Waals surface area contributed by atoms with Crippen LogP contribution in [0.2, 0.25) is 0 Å². The number of likely N-dealkylation sites (N-methyl/N-ethyl adjacent to an activating group) is 1. The van der Waals surface area contributed by atoms with Gasteiger partial charge in [-0.2, -0.15) is 5.10 Å². The molecule has 1 aromatic rings. The SMILES string of the molecule is C=CCN1CC[C@@]2(CCC1=O)CN(C(=O)c1cnn(CC)c1)CCN2C. The van der Waals surface area contributed by atoms with Gasteiger partial charge in [-0.15, -0.1) is 6.58 Å². The van der Waals surface area contributed by atoms with E-state index < -0.39 is 0 Å². The van der Waals surface area contributed by atoms with Crippen LogP contribution in [0.5, 0.6) is 0 Å². The molecule has 3 rings (SSSR count). The van der Waals surface area contributed by atoms with Gasteiger partial charge in [0.15, 0.2) is 0 Å². The highest BCUT2D eigenvalue weighted by atomic mass is 16.2. The summed E-state index contributed by atoms with van der Waals surface area (Å²) in [5.74, 6) is 0.221. The minimum absolute atomic E-state index is 0.0377. The maximum atomic E-state index is 12.9. The van der Waals surface area contributed by atoms with Gasteiger partial charge in [0.2, 0.25) is 5.91 Å². The molecule has 142 valence electrons. The number of hydrogen-bond donors (Lipinski definition) is 0. The third kappa shape index (κ3) is 3.53. The maximum absolute atomic E-state index is 12.9. The summed E-state index contributed by atoms with van der Waals surface area (Å²) in [6.07, 6.45) is 7.43. The molecule has 0 aromatic carbocycles. The third-order valence-corrected chi connectivity index (χ3v) is 5.85. The Bertz CT molecular complexity index is 685. The summed E-state index contributed by atoms with van der Waals surface area (Å²) in [6, 6.07) is 0. The van der Waals surface area contributed by atoms with E-state index in [1.165, 1.54) is 0 Å². The molecule has 2 amide bonds. The maximum Gasteiger partial charge on any atom is 0.257 e. The number of carbonyl (C=O) groups is 2. The standard InChI is InChI=1S/C19H29N5O2/c1-4-9-22-10-8-19(7-6-17(22)25)15-23(12-11-21(19)3)18(26)16-13-20-24(5-2)14-16/h4,13-14H,1,5-12,15H2,2-3H3/t19-/m0/s1. The van der Waals surface area contributed by atoms with Crippen molar-refractivity contribution in [1.29, 1.82) is 0 Å². The number of amides is 2. The zero-order valence-corrected chi connectivity index (χ0v) is 15.9. The molecule has 0 saturated carbocycles. The minimum atomic E-state index is -0.139. The largest absolute Gasteiger partial charge is 0.339 e. The van der Waals surface area contributed by atoms with Crippen LogP contribution in [0, 0.1) is 0 Å². The Balaban J connectivity index is 1.76. The molecule has 0 unspecified atom stereocenters. The molecule has 2 aliphatic heterocycles. The van der Waals surface area contributed by atoms with Crippen molar-refractivity contribution in [3.8, 4) is 0 Å². The van der Waals surface area contributed by atoms with E-state index in [1.54, 1.807) is 17.0 Å². The second kappa shape index (κ2) is 7.61. The van der Waals surface area contributed by atoms with Crippen molar-refractivity contribution >= 4 is 11.8 Å². The number of likely N-dealkylation sites (tertiary alicyclic amines) is 1. The van der Waals surface area contributed by atoms with E-state index in [1.807, 2.05) is 22.9 Å². The molecular weight excluding hydrogens is 330 g/mol. The van der Waals surface area contributed by atoms with E-state index >= 15 is 0 Å². The number of hydrogen-bond acceptors (Lipinski definition) is 4. The Hall–Kier alpha value is -2.15. The molecule has 1 spiro atoms. The van der Waals surface area contributed by atoms with Gasteiger partial charge in [-0.3, -0.25) is 19.2 Å². The van der Waals surface area contributed by atoms with Crippen molar-refractivity contribution in [2.75, 3.05) is 39.8 Å². The highest BCUT2D eigenvalue weighted by Gasteiger charge is 2.43. The van der Waals surface area contributed by atoms with Crippen LogP contribution in [-0.4, -0.2) is 81.6 Å². The van der Waals surface area contributed by atoms with Gasteiger partial charge in [0, 0.05) is 57.4 Å². The van der Waals surface area contributed by atoms with E-state index in [4.69, 9.17) is 0 Å². The van der Waals surface area contributed by atoms with Gasteiger partial charge in [0.05, 0.1) is 11.8 Å². The van der Waals surface area contributed by atoms with E-state index in [9.17, 15) is 9.59 Å². The van der Waals surface area contributed by atoms with Gasteiger partial charge >= 0.3 is 0 Å². The Labute approximate surface area is 155 Å². The van der Waals surface area contributed by atoms with Crippen LogP contribution in [-0.2, 0) is 11.3 Å². The topological polar surface area (TPSA) is 61.7 Å². The van der Waals surface area contributed by atoms with Crippen molar-refractivity contribution < 1.29 is 9.59 Å². The first kappa shape index (κ1) is 18.6. The summed E-state index contributed by atoms with van der Waals surface area (Å²) in [6.45, 7) is 10.0. The zero-order valence-electron chi connectivity index (χ0n) is 15.9. The molecule has 26 heavy (non-hydrogen) atoms. The van der Waals surface area contributed by atoms with E-state index in [-0.39, 0.29) is 17.4 Å². The van der Waals surface area contributed by atoms with Crippen molar-refractivity contribution in [1.82, 2.24) is 24.5 Å². The first-order valence-corrected chi connectivity index (χ1v) is 9.41. The lowest BCUT2D eigenvalue weighted by molar-refractivity contribution is -0.130. The van der Waals surface area contributed by atoms with Gasteiger partial charge in [-0.25, -0.2) is 0 Å². The first-order chi connectivity index (χ1) is 12.5. The normalized spacial score (nSPS) is 24.8. The van der Waals surface area contributed by atoms with E-state index in [0.717, 1.165) is 25.9 Å². The molecule has 7 nitrogen and oxygen atoms in total.